The first kappa shape index (κ1) is 15.3. The molecule has 1 saturated carbocycles. The summed E-state index contributed by atoms with van der Waals surface area (Å²) in [4.78, 5) is 13.1. The Morgan fingerprint density at radius 2 is 2.21 bits per heavy atom. The standard InChI is InChI=1S/C14H19BrClNOS/c1-9-3-5-14(8-16,6-4-9)17-13(18)11-7-10(2)12(15)19-11/h7,9H,3-6,8H2,1-2H3,(H,17,18). The van der Waals surface area contributed by atoms with E-state index in [1.54, 1.807) is 0 Å². The van der Waals surface area contributed by atoms with Crippen molar-refractivity contribution in [3.05, 3.63) is 20.3 Å². The summed E-state index contributed by atoms with van der Waals surface area (Å²) < 4.78 is 1.02. The lowest BCUT2D eigenvalue weighted by Gasteiger charge is -2.38. The smallest absolute Gasteiger partial charge is 0.261 e. The van der Waals surface area contributed by atoms with Gasteiger partial charge >= 0.3 is 0 Å². The maximum atomic E-state index is 12.3. The molecule has 19 heavy (non-hydrogen) atoms. The first-order chi connectivity index (χ1) is 8.96. The molecule has 0 radical (unpaired) electrons. The monoisotopic (exact) mass is 363 g/mol. The third-order valence-electron chi connectivity index (χ3n) is 3.95. The first-order valence-corrected chi connectivity index (χ1v) is 8.74. The van der Waals surface area contributed by atoms with Crippen LogP contribution in [0.15, 0.2) is 9.85 Å². The second-order valence-corrected chi connectivity index (χ2v) is 8.26. The minimum atomic E-state index is -0.213. The Kier molecular flexibility index (Phi) is 4.96. The van der Waals surface area contributed by atoms with Gasteiger partial charge in [0.1, 0.15) is 0 Å². The molecule has 1 aliphatic carbocycles. The second-order valence-electron chi connectivity index (χ2n) is 5.62. The van der Waals surface area contributed by atoms with Crippen LogP contribution < -0.4 is 5.32 Å². The highest BCUT2D eigenvalue weighted by Crippen LogP contribution is 2.34. The highest BCUT2D eigenvalue weighted by atomic mass is 79.9. The van der Waals surface area contributed by atoms with Crippen molar-refractivity contribution in [3.63, 3.8) is 0 Å². The summed E-state index contributed by atoms with van der Waals surface area (Å²) in [7, 11) is 0. The Bertz CT molecular complexity index is 447. The Morgan fingerprint density at radius 3 is 2.68 bits per heavy atom. The third kappa shape index (κ3) is 3.53. The molecule has 0 saturated heterocycles. The van der Waals surface area contributed by atoms with E-state index in [2.05, 4.69) is 28.2 Å². The number of thiophene rings is 1. The van der Waals surface area contributed by atoms with Gasteiger partial charge in [-0.25, -0.2) is 0 Å². The number of halogens is 2. The number of carbonyl (C=O) groups excluding carboxylic acids is 1. The van der Waals surface area contributed by atoms with Gasteiger partial charge in [0, 0.05) is 5.88 Å². The fourth-order valence-corrected chi connectivity index (χ4v) is 4.25. The average Bonchev–Trinajstić information content (AvgIpc) is 2.73. The third-order valence-corrected chi connectivity index (χ3v) is 6.59. The molecule has 0 atom stereocenters. The topological polar surface area (TPSA) is 29.1 Å². The van der Waals surface area contributed by atoms with Crippen LogP contribution in [0, 0.1) is 12.8 Å². The van der Waals surface area contributed by atoms with Gasteiger partial charge in [0.25, 0.3) is 5.91 Å². The highest BCUT2D eigenvalue weighted by Gasteiger charge is 2.35. The number of alkyl halides is 1. The fourth-order valence-electron chi connectivity index (χ4n) is 2.48. The lowest BCUT2D eigenvalue weighted by atomic mass is 9.78. The Morgan fingerprint density at radius 1 is 1.58 bits per heavy atom. The van der Waals surface area contributed by atoms with Gasteiger partial charge in [0.2, 0.25) is 0 Å². The van der Waals surface area contributed by atoms with Crippen molar-refractivity contribution < 1.29 is 4.79 Å². The van der Waals surface area contributed by atoms with Crippen molar-refractivity contribution in [2.45, 2.75) is 45.1 Å². The molecule has 0 aliphatic heterocycles. The molecule has 2 rings (SSSR count). The van der Waals surface area contributed by atoms with E-state index in [0.717, 1.165) is 45.8 Å². The summed E-state index contributed by atoms with van der Waals surface area (Å²) in [6.45, 7) is 4.26. The van der Waals surface area contributed by atoms with Crippen molar-refractivity contribution in [2.24, 2.45) is 5.92 Å². The predicted octanol–water partition coefficient (Wildman–Crippen LogP) is 4.74. The van der Waals surface area contributed by atoms with E-state index in [0.29, 0.717) is 5.88 Å². The summed E-state index contributed by atoms with van der Waals surface area (Å²) in [5, 5.41) is 3.18. The van der Waals surface area contributed by atoms with Crippen molar-refractivity contribution >= 4 is 44.8 Å². The summed E-state index contributed by atoms with van der Waals surface area (Å²) in [6.07, 6.45) is 4.24. The fraction of sp³-hybridized carbons (Fsp3) is 0.643. The molecular formula is C14H19BrClNOS. The van der Waals surface area contributed by atoms with Gasteiger partial charge in [0.05, 0.1) is 14.2 Å². The molecule has 0 spiro atoms. The van der Waals surface area contributed by atoms with E-state index >= 15 is 0 Å². The average molecular weight is 365 g/mol. The molecule has 1 aromatic rings. The van der Waals surface area contributed by atoms with E-state index < -0.39 is 0 Å². The van der Waals surface area contributed by atoms with Crippen LogP contribution in [-0.2, 0) is 0 Å². The van der Waals surface area contributed by atoms with Crippen LogP contribution in [0.1, 0.15) is 47.8 Å². The zero-order valence-electron chi connectivity index (χ0n) is 11.3. The second kappa shape index (κ2) is 6.15. The molecule has 2 nitrogen and oxygen atoms in total. The number of aryl methyl sites for hydroxylation is 1. The van der Waals surface area contributed by atoms with Gasteiger partial charge < -0.3 is 5.32 Å². The number of amides is 1. The predicted molar refractivity (Wildman–Crippen MR) is 85.3 cm³/mol. The van der Waals surface area contributed by atoms with Crippen LogP contribution in [0.2, 0.25) is 0 Å². The molecule has 1 N–H and O–H groups in total. The van der Waals surface area contributed by atoms with Gasteiger partial charge in [-0.3, -0.25) is 4.79 Å². The summed E-state index contributed by atoms with van der Waals surface area (Å²) in [5.74, 6) is 1.25. The molecule has 106 valence electrons. The number of rotatable bonds is 3. The Labute approximate surface area is 132 Å². The number of hydrogen-bond acceptors (Lipinski definition) is 2. The Balaban J connectivity index is 2.08. The molecule has 5 heteroatoms. The zero-order chi connectivity index (χ0) is 14.0. The molecule has 1 heterocycles. The minimum Gasteiger partial charge on any atom is -0.345 e. The summed E-state index contributed by atoms with van der Waals surface area (Å²) in [6, 6.07) is 1.93. The van der Waals surface area contributed by atoms with E-state index in [-0.39, 0.29) is 11.4 Å². The van der Waals surface area contributed by atoms with Gasteiger partial charge in [-0.15, -0.1) is 22.9 Å². The number of nitrogens with one attached hydrogen (secondary N) is 1. The quantitative estimate of drug-likeness (QED) is 0.771. The van der Waals surface area contributed by atoms with Crippen LogP contribution >= 0.6 is 38.9 Å². The lowest BCUT2D eigenvalue weighted by Crippen LogP contribution is -2.52. The minimum absolute atomic E-state index is 0.00834. The Hall–Kier alpha value is -0.0600. The van der Waals surface area contributed by atoms with Crippen LogP contribution in [0.25, 0.3) is 0 Å². The van der Waals surface area contributed by atoms with E-state index in [9.17, 15) is 4.79 Å². The van der Waals surface area contributed by atoms with Gasteiger partial charge in [-0.05, 0) is 66.1 Å². The van der Waals surface area contributed by atoms with Gasteiger partial charge in [-0.2, -0.15) is 0 Å². The molecule has 1 aromatic heterocycles. The molecule has 1 amide bonds. The maximum absolute atomic E-state index is 12.3. The van der Waals surface area contributed by atoms with Crippen molar-refractivity contribution in [1.82, 2.24) is 5.32 Å². The highest BCUT2D eigenvalue weighted by molar-refractivity contribution is 9.11. The van der Waals surface area contributed by atoms with Crippen LogP contribution in [0.4, 0.5) is 0 Å². The van der Waals surface area contributed by atoms with Crippen LogP contribution in [0.3, 0.4) is 0 Å². The summed E-state index contributed by atoms with van der Waals surface area (Å²) in [5.41, 5.74) is 0.891. The number of carbonyl (C=O) groups is 1. The largest absolute Gasteiger partial charge is 0.345 e. The molecule has 1 fully saturated rings. The van der Waals surface area contributed by atoms with Crippen molar-refractivity contribution in [2.75, 3.05) is 5.88 Å². The summed E-state index contributed by atoms with van der Waals surface area (Å²) >= 11 is 11.1. The molecule has 1 aliphatic rings. The van der Waals surface area contributed by atoms with E-state index in [1.807, 2.05) is 13.0 Å². The van der Waals surface area contributed by atoms with Crippen LogP contribution in [-0.4, -0.2) is 17.3 Å². The molecule has 0 unspecified atom stereocenters. The van der Waals surface area contributed by atoms with Crippen molar-refractivity contribution in [1.29, 1.82) is 0 Å². The molecule has 0 bridgehead atoms. The van der Waals surface area contributed by atoms with E-state index in [1.165, 1.54) is 11.3 Å². The van der Waals surface area contributed by atoms with Crippen molar-refractivity contribution in [3.8, 4) is 0 Å². The first-order valence-electron chi connectivity index (χ1n) is 6.60. The molecular weight excluding hydrogens is 346 g/mol. The van der Waals surface area contributed by atoms with E-state index in [4.69, 9.17) is 11.6 Å². The van der Waals surface area contributed by atoms with Gasteiger partial charge in [0.15, 0.2) is 0 Å². The molecule has 0 aromatic carbocycles. The normalized spacial score (nSPS) is 27.3. The van der Waals surface area contributed by atoms with Gasteiger partial charge in [-0.1, -0.05) is 6.92 Å². The lowest BCUT2D eigenvalue weighted by molar-refractivity contribution is 0.0876. The maximum Gasteiger partial charge on any atom is 0.261 e. The number of hydrogen-bond donors (Lipinski definition) is 1. The SMILES string of the molecule is Cc1cc(C(=O)NC2(CCl)CCC(C)CC2)sc1Br. The van der Waals surface area contributed by atoms with Crippen LogP contribution in [0.5, 0.6) is 0 Å². The zero-order valence-corrected chi connectivity index (χ0v) is 14.4.